The Morgan fingerprint density at radius 3 is 2.37 bits per heavy atom. The maximum absolute atomic E-state index is 12.8. The topological polar surface area (TPSA) is 92.5 Å². The van der Waals surface area contributed by atoms with Crippen molar-refractivity contribution in [3.8, 4) is 0 Å². The molecule has 1 aromatic heterocycles. The van der Waals surface area contributed by atoms with Crippen molar-refractivity contribution in [2.45, 2.75) is 44.4 Å². The summed E-state index contributed by atoms with van der Waals surface area (Å²) in [5.41, 5.74) is 1.10. The Morgan fingerprint density at radius 2 is 1.85 bits per heavy atom. The van der Waals surface area contributed by atoms with Gasteiger partial charge in [0.15, 0.2) is 5.82 Å². The van der Waals surface area contributed by atoms with Crippen molar-refractivity contribution in [2.75, 3.05) is 18.4 Å². The number of carbonyl (C=O) groups is 1. The van der Waals surface area contributed by atoms with Gasteiger partial charge in [0.05, 0.1) is 4.90 Å². The number of aryl methyl sites for hydroxylation is 1. The summed E-state index contributed by atoms with van der Waals surface area (Å²) in [5.74, 6) is 0.968. The summed E-state index contributed by atoms with van der Waals surface area (Å²) in [7, 11) is -3.53. The number of nitrogens with one attached hydrogen (secondary N) is 1. The molecular weight excluding hydrogens is 366 g/mol. The van der Waals surface area contributed by atoms with Gasteiger partial charge in [-0.2, -0.15) is 4.31 Å². The molecule has 0 aliphatic carbocycles. The fourth-order valence-corrected chi connectivity index (χ4v) is 4.66. The number of piperidine rings is 1. The maximum Gasteiger partial charge on any atom is 0.243 e. The second-order valence-corrected chi connectivity index (χ2v) is 9.15. The molecule has 1 aromatic carbocycles. The van der Waals surface area contributed by atoms with Gasteiger partial charge in [-0.3, -0.25) is 4.79 Å². The highest BCUT2D eigenvalue weighted by atomic mass is 32.2. The Bertz CT molecular complexity index is 895. The van der Waals surface area contributed by atoms with E-state index in [1.165, 1.54) is 4.31 Å². The van der Waals surface area contributed by atoms with E-state index in [2.05, 4.69) is 24.3 Å². The van der Waals surface area contributed by atoms with Crippen LogP contribution in [-0.4, -0.2) is 36.9 Å². The quantitative estimate of drug-likeness (QED) is 0.845. The van der Waals surface area contributed by atoms with Crippen molar-refractivity contribution in [3.05, 3.63) is 41.7 Å². The molecule has 1 N–H and O–H groups in total. The van der Waals surface area contributed by atoms with Crippen LogP contribution in [0, 0.1) is 12.8 Å². The third kappa shape index (κ3) is 4.39. The van der Waals surface area contributed by atoms with E-state index >= 15 is 0 Å². The van der Waals surface area contributed by atoms with Gasteiger partial charge in [0.2, 0.25) is 15.9 Å². The molecule has 3 rings (SSSR count). The smallest absolute Gasteiger partial charge is 0.243 e. The molecule has 0 atom stereocenters. The van der Waals surface area contributed by atoms with Crippen LogP contribution in [0.15, 0.2) is 39.8 Å². The predicted octanol–water partition coefficient (Wildman–Crippen LogP) is 3.15. The summed E-state index contributed by atoms with van der Waals surface area (Å²) >= 11 is 0. The monoisotopic (exact) mass is 391 g/mol. The number of benzene rings is 1. The van der Waals surface area contributed by atoms with Gasteiger partial charge in [0.1, 0.15) is 5.76 Å². The second kappa shape index (κ2) is 7.82. The lowest BCUT2D eigenvalue weighted by Crippen LogP contribution is -2.41. The average molecular weight is 391 g/mol. The number of nitrogens with zero attached hydrogens (tertiary/aromatic N) is 2. The maximum atomic E-state index is 12.8. The molecule has 0 saturated carbocycles. The molecule has 146 valence electrons. The van der Waals surface area contributed by atoms with Gasteiger partial charge in [-0.25, -0.2) is 8.42 Å². The van der Waals surface area contributed by atoms with Crippen molar-refractivity contribution in [1.29, 1.82) is 0 Å². The van der Waals surface area contributed by atoms with Crippen LogP contribution in [0.1, 0.15) is 43.9 Å². The Labute approximate surface area is 159 Å². The molecule has 2 aromatic rings. The number of carbonyl (C=O) groups excluding carboxylic acids is 1. The van der Waals surface area contributed by atoms with E-state index in [0.29, 0.717) is 48.3 Å². The summed E-state index contributed by atoms with van der Waals surface area (Å²) in [4.78, 5) is 12.6. The molecule has 0 radical (unpaired) electrons. The Kier molecular flexibility index (Phi) is 5.67. The minimum atomic E-state index is -3.53. The molecule has 1 aliphatic rings. The molecule has 27 heavy (non-hydrogen) atoms. The fourth-order valence-electron chi connectivity index (χ4n) is 3.19. The lowest BCUT2D eigenvalue weighted by atomic mass is 9.97. The normalized spacial score (nSPS) is 16.6. The highest BCUT2D eigenvalue weighted by Gasteiger charge is 2.32. The summed E-state index contributed by atoms with van der Waals surface area (Å²) in [6.45, 7) is 6.54. The van der Waals surface area contributed by atoms with Crippen LogP contribution in [0.5, 0.6) is 0 Å². The Morgan fingerprint density at radius 1 is 1.22 bits per heavy atom. The molecule has 8 heteroatoms. The van der Waals surface area contributed by atoms with Gasteiger partial charge in [0.25, 0.3) is 0 Å². The van der Waals surface area contributed by atoms with Gasteiger partial charge >= 0.3 is 0 Å². The number of amides is 1. The van der Waals surface area contributed by atoms with E-state index in [-0.39, 0.29) is 11.8 Å². The zero-order valence-corrected chi connectivity index (χ0v) is 16.6. The molecule has 0 bridgehead atoms. The van der Waals surface area contributed by atoms with Gasteiger partial charge in [-0.15, -0.1) is 0 Å². The van der Waals surface area contributed by atoms with E-state index in [9.17, 15) is 13.2 Å². The largest absolute Gasteiger partial charge is 0.360 e. The average Bonchev–Trinajstić information content (AvgIpc) is 3.06. The first-order valence-corrected chi connectivity index (χ1v) is 10.6. The number of hydrogen-bond donors (Lipinski definition) is 1. The first-order chi connectivity index (χ1) is 12.8. The summed E-state index contributed by atoms with van der Waals surface area (Å²) in [6.07, 6.45) is 0.956. The van der Waals surface area contributed by atoms with Crippen LogP contribution >= 0.6 is 0 Å². The zero-order chi connectivity index (χ0) is 19.6. The zero-order valence-electron chi connectivity index (χ0n) is 15.8. The molecule has 1 saturated heterocycles. The fraction of sp³-hybridized carbons (Fsp3) is 0.474. The minimum absolute atomic E-state index is 0.151. The molecular formula is C19H25N3O4S. The van der Waals surface area contributed by atoms with Crippen molar-refractivity contribution in [2.24, 2.45) is 5.92 Å². The molecule has 1 aliphatic heterocycles. The summed E-state index contributed by atoms with van der Waals surface area (Å²) in [6, 6.07) is 8.69. The predicted molar refractivity (Wildman–Crippen MR) is 102 cm³/mol. The van der Waals surface area contributed by atoms with E-state index in [4.69, 9.17) is 4.52 Å². The summed E-state index contributed by atoms with van der Waals surface area (Å²) in [5, 5.41) is 6.47. The highest BCUT2D eigenvalue weighted by molar-refractivity contribution is 7.89. The molecule has 0 unspecified atom stereocenters. The molecule has 0 spiro atoms. The number of rotatable bonds is 5. The number of aromatic nitrogens is 1. The lowest BCUT2D eigenvalue weighted by Gasteiger charge is -2.30. The van der Waals surface area contributed by atoms with Crippen molar-refractivity contribution >= 4 is 21.7 Å². The Balaban J connectivity index is 1.61. The molecule has 1 amide bonds. The van der Waals surface area contributed by atoms with Gasteiger partial charge in [0, 0.05) is 25.1 Å². The van der Waals surface area contributed by atoms with E-state index in [1.54, 1.807) is 25.1 Å². The van der Waals surface area contributed by atoms with Crippen LogP contribution in [0.3, 0.4) is 0 Å². The first-order valence-electron chi connectivity index (χ1n) is 9.11. The van der Waals surface area contributed by atoms with E-state index < -0.39 is 10.0 Å². The van der Waals surface area contributed by atoms with Crippen LogP contribution < -0.4 is 5.32 Å². The molecule has 2 heterocycles. The van der Waals surface area contributed by atoms with E-state index in [1.807, 2.05) is 12.1 Å². The first kappa shape index (κ1) is 19.6. The van der Waals surface area contributed by atoms with E-state index in [0.717, 1.165) is 5.56 Å². The second-order valence-electron chi connectivity index (χ2n) is 7.21. The van der Waals surface area contributed by atoms with Crippen molar-refractivity contribution in [1.82, 2.24) is 9.46 Å². The number of anilines is 1. The summed E-state index contributed by atoms with van der Waals surface area (Å²) < 4.78 is 32.1. The molecule has 7 nitrogen and oxygen atoms in total. The van der Waals surface area contributed by atoms with Crippen LogP contribution in [0.2, 0.25) is 0 Å². The van der Waals surface area contributed by atoms with Gasteiger partial charge in [-0.1, -0.05) is 31.1 Å². The SMILES string of the molecule is Cc1cc(NC(=O)C2CCN(S(=O)(=O)c3ccc(C(C)C)cc3)CC2)no1. The van der Waals surface area contributed by atoms with Crippen molar-refractivity contribution in [3.63, 3.8) is 0 Å². The highest BCUT2D eigenvalue weighted by Crippen LogP contribution is 2.26. The Hall–Kier alpha value is -2.19. The van der Waals surface area contributed by atoms with Crippen LogP contribution in [0.25, 0.3) is 0 Å². The molecule has 1 fully saturated rings. The van der Waals surface area contributed by atoms with Crippen LogP contribution in [0.4, 0.5) is 5.82 Å². The van der Waals surface area contributed by atoms with Crippen LogP contribution in [-0.2, 0) is 14.8 Å². The third-order valence-corrected chi connectivity index (χ3v) is 6.80. The lowest BCUT2D eigenvalue weighted by molar-refractivity contribution is -0.120. The number of hydrogen-bond acceptors (Lipinski definition) is 5. The third-order valence-electron chi connectivity index (χ3n) is 4.89. The number of sulfonamides is 1. The standard InChI is InChI=1S/C19H25N3O4S/c1-13(2)15-4-6-17(7-5-15)27(24,25)22-10-8-16(9-11-22)19(23)20-18-12-14(3)26-21-18/h4-7,12-13,16H,8-11H2,1-3H3,(H,20,21,23). The van der Waals surface area contributed by atoms with Crippen molar-refractivity contribution < 1.29 is 17.7 Å². The van der Waals surface area contributed by atoms with Gasteiger partial charge in [-0.05, 0) is 43.4 Å². The minimum Gasteiger partial charge on any atom is -0.360 e. The van der Waals surface area contributed by atoms with Gasteiger partial charge < -0.3 is 9.84 Å².